The van der Waals surface area contributed by atoms with Crippen molar-refractivity contribution in [2.45, 2.75) is 27.7 Å². The first-order valence-corrected chi connectivity index (χ1v) is 7.04. The number of ether oxygens (including phenoxy) is 2. The second kappa shape index (κ2) is 7.64. The van der Waals surface area contributed by atoms with E-state index in [1.807, 2.05) is 13.8 Å². The van der Waals surface area contributed by atoms with Crippen LogP contribution in [0, 0.1) is 19.8 Å². The largest absolute Gasteiger partial charge is 0.507 e. The van der Waals surface area contributed by atoms with Crippen LogP contribution in [0.1, 0.15) is 30.5 Å². The van der Waals surface area contributed by atoms with E-state index in [1.54, 1.807) is 12.1 Å². The van der Waals surface area contributed by atoms with Gasteiger partial charge in [-0.15, -0.1) is 0 Å². The van der Waals surface area contributed by atoms with Crippen molar-refractivity contribution in [2.75, 3.05) is 13.7 Å². The van der Waals surface area contributed by atoms with Crippen molar-refractivity contribution in [3.63, 3.8) is 0 Å². The van der Waals surface area contributed by atoms with Gasteiger partial charge in [0.25, 0.3) is 5.78 Å². The van der Waals surface area contributed by atoms with Crippen molar-refractivity contribution in [3.8, 4) is 5.75 Å². The molecule has 1 N–H and O–H groups in total. The van der Waals surface area contributed by atoms with E-state index in [4.69, 9.17) is 4.74 Å². The van der Waals surface area contributed by atoms with Gasteiger partial charge in [-0.1, -0.05) is 13.8 Å². The van der Waals surface area contributed by atoms with Gasteiger partial charge in [0.2, 0.25) is 0 Å². The fraction of sp³-hybridized carbons (Fsp3) is 0.412. The van der Waals surface area contributed by atoms with E-state index in [-0.39, 0.29) is 5.76 Å². The van der Waals surface area contributed by atoms with Crippen LogP contribution in [0.25, 0.3) is 5.76 Å². The minimum atomic E-state index is -1.02. The predicted molar refractivity (Wildman–Crippen MR) is 83.9 cm³/mol. The van der Waals surface area contributed by atoms with Crippen LogP contribution >= 0.6 is 0 Å². The molecule has 0 amide bonds. The van der Waals surface area contributed by atoms with Gasteiger partial charge in [0, 0.05) is 11.6 Å². The standard InChI is InChI=1S/C17H22O5/c1-10(2)9-22-16-7-6-13(11(3)12(16)4)14(18)8-15(19)17(20)21-5/h6-8,10,18H,9H2,1-5H3/b14-8-. The van der Waals surface area contributed by atoms with Crippen LogP contribution in [0.3, 0.4) is 0 Å². The van der Waals surface area contributed by atoms with Crippen LogP contribution in [0.15, 0.2) is 18.2 Å². The number of carbonyl (C=O) groups is 2. The Morgan fingerprint density at radius 3 is 2.41 bits per heavy atom. The number of benzene rings is 1. The van der Waals surface area contributed by atoms with E-state index < -0.39 is 11.8 Å². The summed E-state index contributed by atoms with van der Waals surface area (Å²) in [5, 5.41) is 10.0. The molecule has 5 heteroatoms. The van der Waals surface area contributed by atoms with Crippen LogP contribution in [0.2, 0.25) is 0 Å². The molecule has 0 radical (unpaired) electrons. The molecule has 0 atom stereocenters. The van der Waals surface area contributed by atoms with Gasteiger partial charge in [-0.2, -0.15) is 0 Å². The molecule has 0 aromatic heterocycles. The number of aliphatic hydroxyl groups excluding tert-OH is 1. The predicted octanol–water partition coefficient (Wildman–Crippen LogP) is 2.98. The summed E-state index contributed by atoms with van der Waals surface area (Å²) in [6.45, 7) is 8.42. The summed E-state index contributed by atoms with van der Waals surface area (Å²) in [4.78, 5) is 22.5. The number of hydrogen-bond donors (Lipinski definition) is 1. The summed E-state index contributed by atoms with van der Waals surface area (Å²) >= 11 is 0. The van der Waals surface area contributed by atoms with Gasteiger partial charge < -0.3 is 14.6 Å². The molecule has 120 valence electrons. The van der Waals surface area contributed by atoms with Gasteiger partial charge in [-0.25, -0.2) is 4.79 Å². The molecule has 0 fully saturated rings. The number of esters is 1. The molecule has 1 aromatic carbocycles. The van der Waals surface area contributed by atoms with Crippen LogP contribution in [-0.4, -0.2) is 30.6 Å². The minimum Gasteiger partial charge on any atom is -0.507 e. The third-order valence-corrected chi connectivity index (χ3v) is 3.24. The molecule has 0 heterocycles. The number of methoxy groups -OCH3 is 1. The molecule has 0 saturated carbocycles. The molecule has 0 spiro atoms. The molecule has 0 aliphatic heterocycles. The average molecular weight is 306 g/mol. The molecular weight excluding hydrogens is 284 g/mol. The van der Waals surface area contributed by atoms with Crippen molar-refractivity contribution in [1.29, 1.82) is 0 Å². The van der Waals surface area contributed by atoms with Crippen molar-refractivity contribution in [1.82, 2.24) is 0 Å². The van der Waals surface area contributed by atoms with E-state index in [1.165, 1.54) is 0 Å². The third kappa shape index (κ3) is 4.35. The summed E-state index contributed by atoms with van der Waals surface area (Å²) < 4.78 is 10.0. The molecule has 1 rings (SSSR count). The van der Waals surface area contributed by atoms with Crippen molar-refractivity contribution >= 4 is 17.5 Å². The Labute approximate surface area is 130 Å². The van der Waals surface area contributed by atoms with Gasteiger partial charge in [-0.3, -0.25) is 4.79 Å². The summed E-state index contributed by atoms with van der Waals surface area (Å²) in [5.41, 5.74) is 2.14. The van der Waals surface area contributed by atoms with E-state index in [0.717, 1.165) is 30.1 Å². The van der Waals surface area contributed by atoms with Crippen LogP contribution in [-0.2, 0) is 14.3 Å². The number of carbonyl (C=O) groups excluding carboxylic acids is 2. The van der Waals surface area contributed by atoms with Gasteiger partial charge in [0.05, 0.1) is 13.7 Å². The van der Waals surface area contributed by atoms with Crippen LogP contribution in [0.5, 0.6) is 5.75 Å². The molecule has 0 unspecified atom stereocenters. The third-order valence-electron chi connectivity index (χ3n) is 3.24. The topological polar surface area (TPSA) is 72.8 Å². The number of aliphatic hydroxyl groups is 1. The minimum absolute atomic E-state index is 0.272. The lowest BCUT2D eigenvalue weighted by molar-refractivity contribution is -0.149. The highest BCUT2D eigenvalue weighted by atomic mass is 16.5. The molecule has 0 saturated heterocycles. The normalized spacial score (nSPS) is 11.5. The lowest BCUT2D eigenvalue weighted by Crippen LogP contribution is -2.13. The average Bonchev–Trinajstić information content (AvgIpc) is 2.47. The highest BCUT2D eigenvalue weighted by molar-refractivity contribution is 6.39. The Balaban J connectivity index is 3.07. The zero-order valence-corrected chi connectivity index (χ0v) is 13.6. The maximum atomic E-state index is 11.5. The first-order chi connectivity index (χ1) is 10.3. The van der Waals surface area contributed by atoms with Gasteiger partial charge in [0.15, 0.2) is 0 Å². The molecule has 22 heavy (non-hydrogen) atoms. The van der Waals surface area contributed by atoms with E-state index in [2.05, 4.69) is 18.6 Å². The quantitative estimate of drug-likeness (QED) is 0.378. The van der Waals surface area contributed by atoms with E-state index in [9.17, 15) is 14.7 Å². The zero-order valence-electron chi connectivity index (χ0n) is 13.6. The molecule has 0 bridgehead atoms. The fourth-order valence-corrected chi connectivity index (χ4v) is 1.85. The zero-order chi connectivity index (χ0) is 16.9. The van der Waals surface area contributed by atoms with Gasteiger partial charge >= 0.3 is 5.97 Å². The van der Waals surface area contributed by atoms with Crippen LogP contribution in [0.4, 0.5) is 0 Å². The maximum absolute atomic E-state index is 11.5. The summed E-state index contributed by atoms with van der Waals surface area (Å²) in [6.07, 6.45) is 0.863. The van der Waals surface area contributed by atoms with Crippen molar-refractivity contribution in [2.24, 2.45) is 5.92 Å². The van der Waals surface area contributed by atoms with Crippen molar-refractivity contribution in [3.05, 3.63) is 34.9 Å². The van der Waals surface area contributed by atoms with E-state index >= 15 is 0 Å². The van der Waals surface area contributed by atoms with Crippen molar-refractivity contribution < 1.29 is 24.2 Å². The van der Waals surface area contributed by atoms with Gasteiger partial charge in [-0.05, 0) is 43.0 Å². The molecule has 1 aromatic rings. The Bertz CT molecular complexity index is 599. The first-order valence-electron chi connectivity index (χ1n) is 7.04. The first kappa shape index (κ1) is 17.8. The SMILES string of the molecule is COC(=O)C(=O)/C=C(\O)c1ccc(OCC(C)C)c(C)c1C. The highest BCUT2D eigenvalue weighted by Crippen LogP contribution is 2.28. The van der Waals surface area contributed by atoms with E-state index in [0.29, 0.717) is 18.1 Å². The Kier molecular flexibility index (Phi) is 6.16. The molecule has 0 aliphatic rings. The second-order valence-electron chi connectivity index (χ2n) is 5.45. The fourth-order valence-electron chi connectivity index (χ4n) is 1.85. The monoisotopic (exact) mass is 306 g/mol. The van der Waals surface area contributed by atoms with Gasteiger partial charge in [0.1, 0.15) is 11.5 Å². The lowest BCUT2D eigenvalue weighted by Gasteiger charge is -2.15. The molecular formula is C17H22O5. The molecule has 5 nitrogen and oxygen atoms in total. The Morgan fingerprint density at radius 2 is 1.86 bits per heavy atom. The maximum Gasteiger partial charge on any atom is 0.378 e. The Hall–Kier alpha value is -2.30. The summed E-state index contributed by atoms with van der Waals surface area (Å²) in [7, 11) is 1.11. The second-order valence-corrected chi connectivity index (χ2v) is 5.45. The number of hydrogen-bond acceptors (Lipinski definition) is 5. The molecule has 0 aliphatic carbocycles. The highest BCUT2D eigenvalue weighted by Gasteiger charge is 2.15. The summed E-state index contributed by atoms with van der Waals surface area (Å²) in [5.74, 6) is -1.05. The summed E-state index contributed by atoms with van der Waals surface area (Å²) in [6, 6.07) is 3.40. The smallest absolute Gasteiger partial charge is 0.378 e. The number of ketones is 1. The number of rotatable bonds is 6. The lowest BCUT2D eigenvalue weighted by atomic mass is 10.0. The Morgan fingerprint density at radius 1 is 1.23 bits per heavy atom. The van der Waals surface area contributed by atoms with Crippen LogP contribution < -0.4 is 4.74 Å².